The van der Waals surface area contributed by atoms with E-state index in [4.69, 9.17) is 4.74 Å². The van der Waals surface area contributed by atoms with Crippen molar-refractivity contribution in [1.29, 1.82) is 0 Å². The first-order valence-electron chi connectivity index (χ1n) is 11.9. The van der Waals surface area contributed by atoms with Gasteiger partial charge in [-0.05, 0) is 79.7 Å². The molecular formula is C29H28F3N3O2. The van der Waals surface area contributed by atoms with Crippen molar-refractivity contribution >= 4 is 16.8 Å². The molecule has 1 amide bonds. The number of rotatable bonds is 9. The van der Waals surface area contributed by atoms with Crippen LogP contribution in [0.2, 0.25) is 0 Å². The summed E-state index contributed by atoms with van der Waals surface area (Å²) < 4.78 is 43.9. The summed E-state index contributed by atoms with van der Waals surface area (Å²) in [6.45, 7) is 3.60. The van der Waals surface area contributed by atoms with Gasteiger partial charge in [-0.3, -0.25) is 14.7 Å². The van der Waals surface area contributed by atoms with Crippen LogP contribution in [0.25, 0.3) is 10.9 Å². The highest BCUT2D eigenvalue weighted by Crippen LogP contribution is 2.29. The minimum absolute atomic E-state index is 0.161. The van der Waals surface area contributed by atoms with Crippen LogP contribution in [0.3, 0.4) is 0 Å². The number of nitrogens with zero attached hydrogens (tertiary/aromatic N) is 2. The van der Waals surface area contributed by atoms with E-state index in [1.807, 2.05) is 43.3 Å². The monoisotopic (exact) mass is 507 g/mol. The summed E-state index contributed by atoms with van der Waals surface area (Å²) in [6, 6.07) is 22.2. The van der Waals surface area contributed by atoms with Gasteiger partial charge in [0.2, 0.25) is 0 Å². The predicted molar refractivity (Wildman–Crippen MR) is 137 cm³/mol. The second-order valence-electron chi connectivity index (χ2n) is 9.06. The number of benzene rings is 3. The number of nitrogens with one attached hydrogen (secondary N) is 1. The highest BCUT2D eigenvalue weighted by Gasteiger charge is 2.30. The molecule has 0 unspecified atom stereocenters. The molecule has 5 nitrogen and oxygen atoms in total. The number of carbonyl (C=O) groups excluding carboxylic acids is 1. The molecule has 0 saturated carbocycles. The van der Waals surface area contributed by atoms with Crippen LogP contribution in [-0.4, -0.2) is 35.5 Å². The number of hydrogen-bond donors (Lipinski definition) is 1. The average molecular weight is 508 g/mol. The third kappa shape index (κ3) is 7.30. The van der Waals surface area contributed by atoms with Crippen molar-refractivity contribution in [1.82, 2.24) is 15.2 Å². The molecule has 1 N–H and O–H groups in total. The lowest BCUT2D eigenvalue weighted by atomic mass is 10.1. The first-order valence-corrected chi connectivity index (χ1v) is 11.9. The molecule has 0 saturated heterocycles. The van der Waals surface area contributed by atoms with E-state index in [1.165, 1.54) is 5.56 Å². The van der Waals surface area contributed by atoms with Crippen LogP contribution in [-0.2, 0) is 19.3 Å². The summed E-state index contributed by atoms with van der Waals surface area (Å²) in [4.78, 5) is 18.8. The summed E-state index contributed by atoms with van der Waals surface area (Å²) >= 11 is 0. The lowest BCUT2D eigenvalue weighted by Gasteiger charge is -2.18. The van der Waals surface area contributed by atoms with Gasteiger partial charge in [0.25, 0.3) is 5.91 Å². The molecule has 4 rings (SSSR count). The molecule has 0 aliphatic heterocycles. The predicted octanol–water partition coefficient (Wildman–Crippen LogP) is 6.08. The standard InChI is InChI=1S/C29H28F3N3O2/c1-20(17-34-28(36)23-8-10-25(11-9-23)29(30,31)32)37-26-12-5-21(6-13-26)18-35(2)19-22-7-14-27-24(16-22)4-3-15-33-27/h3-16,20H,17-19H2,1-2H3,(H,34,36)/t20-/m1/s1. The molecule has 4 aromatic rings. The Kier molecular flexibility index (Phi) is 8.08. The van der Waals surface area contributed by atoms with Gasteiger partial charge in [0, 0.05) is 30.2 Å². The molecule has 0 aliphatic rings. The van der Waals surface area contributed by atoms with Crippen LogP contribution in [0.4, 0.5) is 13.2 Å². The minimum atomic E-state index is -4.43. The minimum Gasteiger partial charge on any atom is -0.489 e. The van der Waals surface area contributed by atoms with Gasteiger partial charge < -0.3 is 10.1 Å². The number of alkyl halides is 3. The topological polar surface area (TPSA) is 54.5 Å². The SMILES string of the molecule is C[C@H](CNC(=O)c1ccc(C(F)(F)F)cc1)Oc1ccc(CN(C)Cc2ccc3ncccc3c2)cc1. The normalized spacial score (nSPS) is 12.5. The summed E-state index contributed by atoms with van der Waals surface area (Å²) in [6.07, 6.45) is -2.96. The van der Waals surface area contributed by atoms with Gasteiger partial charge in [-0.25, -0.2) is 0 Å². The van der Waals surface area contributed by atoms with Crippen molar-refractivity contribution in [2.24, 2.45) is 0 Å². The number of pyridine rings is 1. The Labute approximate surface area is 213 Å². The highest BCUT2D eigenvalue weighted by molar-refractivity contribution is 5.94. The zero-order chi connectivity index (χ0) is 26.4. The summed E-state index contributed by atoms with van der Waals surface area (Å²) in [5.74, 6) is 0.218. The fourth-order valence-corrected chi connectivity index (χ4v) is 4.00. The number of halogens is 3. The van der Waals surface area contributed by atoms with E-state index < -0.39 is 17.6 Å². The Hall–Kier alpha value is -3.91. The fourth-order valence-electron chi connectivity index (χ4n) is 4.00. The lowest BCUT2D eigenvalue weighted by molar-refractivity contribution is -0.137. The van der Waals surface area contributed by atoms with Gasteiger partial charge in [0.1, 0.15) is 11.9 Å². The Morgan fingerprint density at radius 2 is 1.65 bits per heavy atom. The maximum Gasteiger partial charge on any atom is 0.416 e. The van der Waals surface area contributed by atoms with E-state index in [0.29, 0.717) is 5.75 Å². The molecule has 8 heteroatoms. The first kappa shape index (κ1) is 26.2. The number of hydrogen-bond acceptors (Lipinski definition) is 4. The second-order valence-corrected chi connectivity index (χ2v) is 9.06. The van der Waals surface area contributed by atoms with Gasteiger partial charge in [-0.15, -0.1) is 0 Å². The summed E-state index contributed by atoms with van der Waals surface area (Å²) in [5, 5.41) is 3.82. The van der Waals surface area contributed by atoms with Crippen molar-refractivity contribution in [2.75, 3.05) is 13.6 Å². The fraction of sp³-hybridized carbons (Fsp3) is 0.241. The number of carbonyl (C=O) groups is 1. The van der Waals surface area contributed by atoms with E-state index in [9.17, 15) is 18.0 Å². The van der Waals surface area contributed by atoms with E-state index in [2.05, 4.69) is 40.4 Å². The maximum absolute atomic E-state index is 12.7. The van der Waals surface area contributed by atoms with E-state index >= 15 is 0 Å². The number of amides is 1. The molecule has 1 atom stereocenters. The third-order valence-electron chi connectivity index (χ3n) is 5.86. The zero-order valence-corrected chi connectivity index (χ0v) is 20.6. The molecule has 1 aromatic heterocycles. The molecule has 1 heterocycles. The second kappa shape index (κ2) is 11.4. The van der Waals surface area contributed by atoms with Gasteiger partial charge in [0.05, 0.1) is 17.6 Å². The Morgan fingerprint density at radius 3 is 2.35 bits per heavy atom. The smallest absolute Gasteiger partial charge is 0.416 e. The Bertz CT molecular complexity index is 1340. The summed E-state index contributed by atoms with van der Waals surface area (Å²) in [5.41, 5.74) is 2.71. The Balaban J connectivity index is 1.24. The van der Waals surface area contributed by atoms with Crippen LogP contribution < -0.4 is 10.1 Å². The molecule has 0 spiro atoms. The van der Waals surface area contributed by atoms with E-state index in [1.54, 1.807) is 6.20 Å². The van der Waals surface area contributed by atoms with Crippen LogP contribution in [0.15, 0.2) is 85.1 Å². The molecule has 3 aromatic carbocycles. The third-order valence-corrected chi connectivity index (χ3v) is 5.86. The lowest BCUT2D eigenvalue weighted by Crippen LogP contribution is -2.33. The molecular weight excluding hydrogens is 479 g/mol. The van der Waals surface area contributed by atoms with E-state index in [-0.39, 0.29) is 18.2 Å². The highest BCUT2D eigenvalue weighted by atomic mass is 19.4. The number of ether oxygens (including phenoxy) is 1. The van der Waals surface area contributed by atoms with Crippen LogP contribution in [0.1, 0.15) is 34.0 Å². The van der Waals surface area contributed by atoms with E-state index in [0.717, 1.165) is 53.8 Å². The van der Waals surface area contributed by atoms with Crippen LogP contribution in [0, 0.1) is 0 Å². The summed E-state index contributed by atoms with van der Waals surface area (Å²) in [7, 11) is 2.07. The number of aromatic nitrogens is 1. The maximum atomic E-state index is 12.7. The van der Waals surface area contributed by atoms with Gasteiger partial charge in [-0.2, -0.15) is 13.2 Å². The van der Waals surface area contributed by atoms with Crippen molar-refractivity contribution in [3.05, 3.63) is 107 Å². The molecule has 37 heavy (non-hydrogen) atoms. The van der Waals surface area contributed by atoms with Gasteiger partial charge >= 0.3 is 6.18 Å². The quantitative estimate of drug-likeness (QED) is 0.298. The largest absolute Gasteiger partial charge is 0.489 e. The van der Waals surface area contributed by atoms with Gasteiger partial charge in [0.15, 0.2) is 0 Å². The van der Waals surface area contributed by atoms with Crippen molar-refractivity contribution in [3.63, 3.8) is 0 Å². The number of fused-ring (bicyclic) bond motifs is 1. The molecule has 0 bridgehead atoms. The molecule has 192 valence electrons. The van der Waals surface area contributed by atoms with Crippen molar-refractivity contribution in [3.8, 4) is 5.75 Å². The molecule has 0 aliphatic carbocycles. The Morgan fingerprint density at radius 1 is 0.973 bits per heavy atom. The average Bonchev–Trinajstić information content (AvgIpc) is 2.88. The first-order chi connectivity index (χ1) is 17.7. The van der Waals surface area contributed by atoms with Crippen molar-refractivity contribution in [2.45, 2.75) is 32.3 Å². The van der Waals surface area contributed by atoms with Gasteiger partial charge in [-0.1, -0.05) is 24.3 Å². The van der Waals surface area contributed by atoms with Crippen LogP contribution in [0.5, 0.6) is 5.75 Å². The zero-order valence-electron chi connectivity index (χ0n) is 20.6. The van der Waals surface area contributed by atoms with Crippen LogP contribution >= 0.6 is 0 Å². The molecule has 0 fully saturated rings. The molecule has 0 radical (unpaired) electrons. The van der Waals surface area contributed by atoms with Crippen molar-refractivity contribution < 1.29 is 22.7 Å².